The molecule has 0 bridgehead atoms. The third-order valence-corrected chi connectivity index (χ3v) is 1.67. The second-order valence-electron chi connectivity index (χ2n) is 2.88. The van der Waals surface area contributed by atoms with Gasteiger partial charge in [-0.1, -0.05) is 0 Å². The average molecular weight is 201 g/mol. The lowest BCUT2D eigenvalue weighted by atomic mass is 10.2. The van der Waals surface area contributed by atoms with E-state index in [1.54, 1.807) is 0 Å². The Balaban J connectivity index is 2.67. The van der Waals surface area contributed by atoms with Gasteiger partial charge in [0.15, 0.2) is 6.10 Å². The van der Waals surface area contributed by atoms with Crippen molar-refractivity contribution >= 4 is 11.9 Å². The average Bonchev–Trinajstić information content (AvgIpc) is 2.46. The molecule has 78 valence electrons. The van der Waals surface area contributed by atoms with Crippen molar-refractivity contribution in [1.82, 2.24) is 5.32 Å². The minimum atomic E-state index is -1.16. The van der Waals surface area contributed by atoms with Crippen molar-refractivity contribution in [3.05, 3.63) is 11.8 Å². The maximum Gasteiger partial charge on any atom is 0.355 e. The number of rotatable bonds is 3. The third-order valence-electron chi connectivity index (χ3n) is 1.67. The van der Waals surface area contributed by atoms with Gasteiger partial charge in [0.25, 0.3) is 0 Å². The minimum absolute atomic E-state index is 0.00463. The maximum atomic E-state index is 11.0. The van der Waals surface area contributed by atoms with Crippen molar-refractivity contribution in [1.29, 1.82) is 0 Å². The van der Waals surface area contributed by atoms with Gasteiger partial charge in [-0.15, -0.1) is 0 Å². The van der Waals surface area contributed by atoms with Gasteiger partial charge in [0.1, 0.15) is 11.8 Å². The minimum Gasteiger partial charge on any atom is -0.450 e. The summed E-state index contributed by atoms with van der Waals surface area (Å²) in [5.74, 6) is -1.11. The molecule has 2 atom stereocenters. The number of esters is 1. The summed E-state index contributed by atoms with van der Waals surface area (Å²) in [7, 11) is 0. The van der Waals surface area contributed by atoms with Crippen LogP contribution in [0, 0.1) is 0 Å². The zero-order chi connectivity index (χ0) is 10.7. The SMILES string of the molecule is CC(=O)NC1=C[C@@H]([C@H](O)CO)OC1=O. The molecule has 0 aromatic heterocycles. The molecule has 0 saturated heterocycles. The number of hydrogen-bond acceptors (Lipinski definition) is 5. The molecule has 0 aliphatic carbocycles. The topological polar surface area (TPSA) is 95.9 Å². The molecule has 0 spiro atoms. The monoisotopic (exact) mass is 201 g/mol. The van der Waals surface area contributed by atoms with Gasteiger partial charge in [-0.2, -0.15) is 0 Å². The van der Waals surface area contributed by atoms with Gasteiger partial charge in [-0.05, 0) is 6.08 Å². The molecule has 14 heavy (non-hydrogen) atoms. The van der Waals surface area contributed by atoms with E-state index in [1.165, 1.54) is 13.0 Å². The highest BCUT2D eigenvalue weighted by Gasteiger charge is 2.30. The van der Waals surface area contributed by atoms with Crippen LogP contribution in [0.15, 0.2) is 11.8 Å². The summed E-state index contributed by atoms with van der Waals surface area (Å²) in [4.78, 5) is 21.7. The number of carbonyl (C=O) groups excluding carboxylic acids is 2. The predicted octanol–water partition coefficient (Wildman–Crippen LogP) is -1.72. The van der Waals surface area contributed by atoms with E-state index in [0.29, 0.717) is 0 Å². The van der Waals surface area contributed by atoms with Crippen molar-refractivity contribution in [2.75, 3.05) is 6.61 Å². The van der Waals surface area contributed by atoms with Crippen LogP contribution >= 0.6 is 0 Å². The van der Waals surface area contributed by atoms with Gasteiger partial charge in [0.05, 0.1) is 6.61 Å². The van der Waals surface area contributed by atoms with Gasteiger partial charge < -0.3 is 20.3 Å². The smallest absolute Gasteiger partial charge is 0.355 e. The Kier molecular flexibility index (Phi) is 3.21. The first-order valence-corrected chi connectivity index (χ1v) is 4.04. The molecule has 1 rings (SSSR count). The summed E-state index contributed by atoms with van der Waals surface area (Å²) in [6.45, 7) is 0.742. The quantitative estimate of drug-likeness (QED) is 0.472. The van der Waals surface area contributed by atoms with E-state index in [4.69, 9.17) is 10.2 Å². The van der Waals surface area contributed by atoms with Crippen LogP contribution in [0.3, 0.4) is 0 Å². The van der Waals surface area contributed by atoms with E-state index in [2.05, 4.69) is 10.1 Å². The number of aliphatic hydroxyl groups excluding tert-OH is 2. The number of ether oxygens (including phenoxy) is 1. The van der Waals surface area contributed by atoms with Crippen LogP contribution in [-0.4, -0.2) is 40.9 Å². The third kappa shape index (κ3) is 2.30. The molecular formula is C8H11NO5. The summed E-state index contributed by atoms with van der Waals surface area (Å²) in [5, 5.41) is 20.0. The Labute approximate surface area is 80.2 Å². The number of amides is 1. The van der Waals surface area contributed by atoms with Crippen molar-refractivity contribution in [3.8, 4) is 0 Å². The first-order chi connectivity index (χ1) is 6.54. The van der Waals surface area contributed by atoms with Gasteiger partial charge >= 0.3 is 5.97 Å². The van der Waals surface area contributed by atoms with Crippen molar-refractivity contribution < 1.29 is 24.5 Å². The van der Waals surface area contributed by atoms with Crippen LogP contribution in [-0.2, 0) is 14.3 Å². The number of aliphatic hydroxyl groups is 2. The van der Waals surface area contributed by atoms with E-state index in [0.717, 1.165) is 0 Å². The summed E-state index contributed by atoms with van der Waals surface area (Å²) >= 11 is 0. The normalized spacial score (nSPS) is 22.6. The number of cyclic esters (lactones) is 1. The second-order valence-corrected chi connectivity index (χ2v) is 2.88. The molecular weight excluding hydrogens is 190 g/mol. The molecule has 0 aromatic carbocycles. The Morgan fingerprint density at radius 1 is 1.79 bits per heavy atom. The predicted molar refractivity (Wildman–Crippen MR) is 44.9 cm³/mol. The number of nitrogens with one attached hydrogen (secondary N) is 1. The van der Waals surface area contributed by atoms with Crippen LogP contribution in [0.1, 0.15) is 6.92 Å². The molecule has 0 fully saturated rings. The van der Waals surface area contributed by atoms with Gasteiger partial charge in [-0.3, -0.25) is 4.79 Å². The fourth-order valence-electron chi connectivity index (χ4n) is 1.03. The Morgan fingerprint density at radius 3 is 2.93 bits per heavy atom. The zero-order valence-electron chi connectivity index (χ0n) is 7.56. The zero-order valence-corrected chi connectivity index (χ0v) is 7.56. The Morgan fingerprint density at radius 2 is 2.43 bits per heavy atom. The molecule has 3 N–H and O–H groups in total. The van der Waals surface area contributed by atoms with Crippen molar-refractivity contribution in [2.45, 2.75) is 19.1 Å². The largest absolute Gasteiger partial charge is 0.450 e. The van der Waals surface area contributed by atoms with E-state index in [1.807, 2.05) is 0 Å². The summed E-state index contributed by atoms with van der Waals surface area (Å²) < 4.78 is 4.67. The van der Waals surface area contributed by atoms with E-state index >= 15 is 0 Å². The summed E-state index contributed by atoms with van der Waals surface area (Å²) in [6.07, 6.45) is -0.787. The molecule has 1 aliphatic heterocycles. The second kappa shape index (κ2) is 4.21. The number of hydrogen-bond donors (Lipinski definition) is 3. The highest BCUT2D eigenvalue weighted by molar-refractivity contribution is 5.95. The Bertz CT molecular complexity index is 285. The first kappa shape index (κ1) is 10.7. The molecule has 0 radical (unpaired) electrons. The molecule has 1 aliphatic rings. The molecule has 0 aromatic rings. The summed E-state index contributed by atoms with van der Waals surface area (Å²) in [5.41, 5.74) is -0.00463. The van der Waals surface area contributed by atoms with Crippen molar-refractivity contribution in [3.63, 3.8) is 0 Å². The fraction of sp³-hybridized carbons (Fsp3) is 0.500. The van der Waals surface area contributed by atoms with E-state index < -0.39 is 30.7 Å². The number of carbonyl (C=O) groups is 2. The van der Waals surface area contributed by atoms with Crippen molar-refractivity contribution in [2.24, 2.45) is 0 Å². The highest BCUT2D eigenvalue weighted by atomic mass is 16.6. The lowest BCUT2D eigenvalue weighted by Gasteiger charge is -2.12. The van der Waals surface area contributed by atoms with Crippen LogP contribution < -0.4 is 5.32 Å². The fourth-order valence-corrected chi connectivity index (χ4v) is 1.03. The van der Waals surface area contributed by atoms with Crippen LogP contribution in [0.5, 0.6) is 0 Å². The maximum absolute atomic E-state index is 11.0. The van der Waals surface area contributed by atoms with E-state index in [-0.39, 0.29) is 5.70 Å². The lowest BCUT2D eigenvalue weighted by Crippen LogP contribution is -2.28. The van der Waals surface area contributed by atoms with Crippen LogP contribution in [0.2, 0.25) is 0 Å². The highest BCUT2D eigenvalue weighted by Crippen LogP contribution is 2.14. The van der Waals surface area contributed by atoms with Gasteiger partial charge in [0.2, 0.25) is 5.91 Å². The molecule has 0 saturated carbocycles. The molecule has 1 heterocycles. The summed E-state index contributed by atoms with van der Waals surface area (Å²) in [6, 6.07) is 0. The van der Waals surface area contributed by atoms with E-state index in [9.17, 15) is 9.59 Å². The van der Waals surface area contributed by atoms with Gasteiger partial charge in [-0.25, -0.2) is 4.79 Å². The van der Waals surface area contributed by atoms with Crippen LogP contribution in [0.25, 0.3) is 0 Å². The molecule has 6 nitrogen and oxygen atoms in total. The Hall–Kier alpha value is -1.40. The standard InChI is InChI=1S/C8H11NO5/c1-4(11)9-5-2-7(6(12)3-10)14-8(5)13/h2,6-7,10,12H,3H2,1H3,(H,9,11)/t6-,7+/m1/s1. The van der Waals surface area contributed by atoms with Crippen LogP contribution in [0.4, 0.5) is 0 Å². The molecule has 1 amide bonds. The molecule has 0 unspecified atom stereocenters. The lowest BCUT2D eigenvalue weighted by molar-refractivity contribution is -0.145. The molecule has 6 heteroatoms. The first-order valence-electron chi connectivity index (χ1n) is 4.04. The van der Waals surface area contributed by atoms with Gasteiger partial charge in [0, 0.05) is 6.92 Å².